The second-order valence-electron chi connectivity index (χ2n) is 9.05. The van der Waals surface area contributed by atoms with Gasteiger partial charge in [0.15, 0.2) is 0 Å². The number of ketones is 1. The molecule has 0 radical (unpaired) electrons. The number of aromatic nitrogens is 4. The average molecular weight is 630 g/mol. The fourth-order valence-electron chi connectivity index (χ4n) is 4.06. The molecule has 0 saturated heterocycles. The van der Waals surface area contributed by atoms with E-state index in [0.717, 1.165) is 15.8 Å². The molecule has 2 unspecified atom stereocenters. The van der Waals surface area contributed by atoms with Gasteiger partial charge in [-0.3, -0.25) is 14.9 Å². The summed E-state index contributed by atoms with van der Waals surface area (Å²) in [5.74, 6) is 0.684. The van der Waals surface area contributed by atoms with Gasteiger partial charge in [-0.25, -0.2) is 0 Å². The van der Waals surface area contributed by atoms with Crippen molar-refractivity contribution in [2.24, 2.45) is 0 Å². The van der Waals surface area contributed by atoms with Crippen molar-refractivity contribution in [2.75, 3.05) is 38.5 Å². The van der Waals surface area contributed by atoms with Gasteiger partial charge in [-0.2, -0.15) is 11.8 Å². The lowest BCUT2D eigenvalue weighted by molar-refractivity contribution is -0.121. The summed E-state index contributed by atoms with van der Waals surface area (Å²) in [6.07, 6.45) is 0.776. The van der Waals surface area contributed by atoms with Crippen LogP contribution in [0.5, 0.6) is 11.5 Å². The fraction of sp³-hybridized carbons (Fsp3) is 0.357. The molecule has 2 heterocycles. The van der Waals surface area contributed by atoms with E-state index >= 15 is 0 Å². The largest absolute Gasteiger partial charge is 0.497 e. The van der Waals surface area contributed by atoms with E-state index in [-0.39, 0.29) is 31.3 Å². The summed E-state index contributed by atoms with van der Waals surface area (Å²) in [4.78, 5) is 25.6. The molecule has 42 heavy (non-hydrogen) atoms. The lowest BCUT2D eigenvalue weighted by atomic mass is 9.94. The molecule has 2 aromatic heterocycles. The van der Waals surface area contributed by atoms with E-state index in [1.54, 1.807) is 74.5 Å². The first-order valence-corrected chi connectivity index (χ1v) is 15.8. The zero-order valence-corrected chi connectivity index (χ0v) is 25.5. The molecule has 4 aromatic rings. The van der Waals surface area contributed by atoms with E-state index in [9.17, 15) is 19.8 Å². The van der Waals surface area contributed by atoms with Crippen LogP contribution >= 0.6 is 34.4 Å². The van der Waals surface area contributed by atoms with Crippen molar-refractivity contribution in [1.29, 1.82) is 0 Å². The van der Waals surface area contributed by atoms with Gasteiger partial charge < -0.3 is 19.7 Å². The van der Waals surface area contributed by atoms with E-state index in [2.05, 4.69) is 25.7 Å². The Balaban J connectivity index is 1.22. The molecule has 1 amide bonds. The van der Waals surface area contributed by atoms with Crippen LogP contribution in [-0.2, 0) is 28.2 Å². The van der Waals surface area contributed by atoms with Gasteiger partial charge in [-0.15, -0.1) is 31.7 Å². The number of carbonyl (C=O) groups excluding carboxylic acids is 2. The first-order valence-electron chi connectivity index (χ1n) is 13.0. The molecule has 0 spiro atoms. The van der Waals surface area contributed by atoms with Crippen molar-refractivity contribution in [3.8, 4) is 11.5 Å². The summed E-state index contributed by atoms with van der Waals surface area (Å²) in [7, 11) is 3.10. The molecule has 0 aliphatic carbocycles. The molecule has 3 N–H and O–H groups in total. The van der Waals surface area contributed by atoms with Crippen LogP contribution in [0.2, 0.25) is 0 Å². The second kappa shape index (κ2) is 15.7. The Morgan fingerprint density at radius 1 is 0.857 bits per heavy atom. The predicted octanol–water partition coefficient (Wildman–Crippen LogP) is 3.49. The molecule has 0 aliphatic rings. The van der Waals surface area contributed by atoms with E-state index in [1.807, 2.05) is 0 Å². The number of aryl methyl sites for hydroxylation is 1. The minimum Gasteiger partial charge on any atom is -0.497 e. The Labute approximate surface area is 255 Å². The lowest BCUT2D eigenvalue weighted by Gasteiger charge is -2.14. The summed E-state index contributed by atoms with van der Waals surface area (Å²) in [5.41, 5.74) is 1.34. The van der Waals surface area contributed by atoms with Gasteiger partial charge in [0.05, 0.1) is 45.7 Å². The van der Waals surface area contributed by atoms with Crippen molar-refractivity contribution in [1.82, 2.24) is 20.4 Å². The van der Waals surface area contributed by atoms with Crippen LogP contribution in [-0.4, -0.2) is 75.5 Å². The molecular weight excluding hydrogens is 599 g/mol. The van der Waals surface area contributed by atoms with E-state index in [0.29, 0.717) is 44.9 Å². The van der Waals surface area contributed by atoms with Gasteiger partial charge in [0, 0.05) is 17.9 Å². The van der Waals surface area contributed by atoms with Gasteiger partial charge in [-0.1, -0.05) is 35.6 Å². The number of nitrogens with zero attached hydrogens (tertiary/aromatic N) is 4. The smallest absolute Gasteiger partial charge is 0.236 e. The minimum atomic E-state index is -0.759. The topological polar surface area (TPSA) is 157 Å². The molecule has 222 valence electrons. The number of aliphatic hydroxyl groups excluding tert-OH is 2. The van der Waals surface area contributed by atoms with E-state index in [1.165, 1.54) is 22.7 Å². The first kappa shape index (κ1) is 31.5. The molecule has 14 heteroatoms. The Morgan fingerprint density at radius 2 is 1.48 bits per heavy atom. The van der Waals surface area contributed by atoms with Crippen molar-refractivity contribution in [3.05, 3.63) is 74.7 Å². The number of hydrogen-bond acceptors (Lipinski definition) is 13. The lowest BCUT2D eigenvalue weighted by Crippen LogP contribution is -2.23. The fourth-order valence-corrected chi connectivity index (χ4v) is 6.78. The third kappa shape index (κ3) is 8.55. The van der Waals surface area contributed by atoms with Crippen LogP contribution < -0.4 is 14.8 Å². The molecule has 0 saturated carbocycles. The maximum atomic E-state index is 12.9. The molecule has 4 rings (SSSR count). The molecule has 2 aromatic carbocycles. The van der Waals surface area contributed by atoms with Gasteiger partial charge in [0.2, 0.25) is 11.0 Å². The highest BCUT2D eigenvalue weighted by Gasteiger charge is 2.23. The number of nitrogens with one attached hydrogen (secondary N) is 1. The Bertz CT molecular complexity index is 1370. The third-order valence-electron chi connectivity index (χ3n) is 6.28. The Kier molecular flexibility index (Phi) is 11.8. The van der Waals surface area contributed by atoms with Gasteiger partial charge in [-0.05, 0) is 35.4 Å². The highest BCUT2D eigenvalue weighted by atomic mass is 32.2. The number of methoxy groups -OCH3 is 2. The third-order valence-corrected chi connectivity index (χ3v) is 9.25. The number of thioether (sulfide) groups is 1. The first-order chi connectivity index (χ1) is 20.4. The number of benzene rings is 2. The second-order valence-corrected chi connectivity index (χ2v) is 12.4. The van der Waals surface area contributed by atoms with Crippen molar-refractivity contribution >= 4 is 51.3 Å². The maximum Gasteiger partial charge on any atom is 0.236 e. The summed E-state index contributed by atoms with van der Waals surface area (Å²) in [5, 5.41) is 41.5. The Hall–Kier alpha value is -3.43. The minimum absolute atomic E-state index is 0.0987. The number of hydrogen-bond donors (Lipinski definition) is 3. The number of rotatable bonds is 16. The highest BCUT2D eigenvalue weighted by Crippen LogP contribution is 2.26. The molecule has 2 atom stereocenters. The number of amides is 1. The van der Waals surface area contributed by atoms with Crippen LogP contribution in [0.15, 0.2) is 48.5 Å². The molecular formula is C28H31N5O6S3. The van der Waals surface area contributed by atoms with E-state index < -0.39 is 11.8 Å². The van der Waals surface area contributed by atoms with Gasteiger partial charge in [0.25, 0.3) is 0 Å². The SMILES string of the molecule is COc1cccc(C(CO)C(=O)Cc2nnc(CCSCc3nnc(NC(=O)C(CO)c4cccc(OC)c4)s3)s2)c1. The van der Waals surface area contributed by atoms with Crippen molar-refractivity contribution in [2.45, 2.75) is 30.4 Å². The summed E-state index contributed by atoms with van der Waals surface area (Å²) in [6, 6.07) is 14.2. The number of anilines is 1. The predicted molar refractivity (Wildman–Crippen MR) is 163 cm³/mol. The van der Waals surface area contributed by atoms with Crippen LogP contribution in [0.1, 0.15) is 38.0 Å². The zero-order chi connectivity index (χ0) is 29.9. The molecule has 0 fully saturated rings. The highest BCUT2D eigenvalue weighted by molar-refractivity contribution is 7.98. The molecule has 0 bridgehead atoms. The number of aliphatic hydroxyl groups is 2. The van der Waals surface area contributed by atoms with Gasteiger partial charge >= 0.3 is 0 Å². The maximum absolute atomic E-state index is 12.9. The van der Waals surface area contributed by atoms with Crippen LogP contribution in [0.3, 0.4) is 0 Å². The normalized spacial score (nSPS) is 12.5. The van der Waals surface area contributed by atoms with Gasteiger partial charge in [0.1, 0.15) is 32.3 Å². The van der Waals surface area contributed by atoms with Crippen molar-refractivity contribution < 1.29 is 29.3 Å². The van der Waals surface area contributed by atoms with Crippen LogP contribution in [0.25, 0.3) is 0 Å². The van der Waals surface area contributed by atoms with E-state index in [4.69, 9.17) is 9.47 Å². The van der Waals surface area contributed by atoms with Crippen LogP contribution in [0.4, 0.5) is 5.13 Å². The summed E-state index contributed by atoms with van der Waals surface area (Å²) >= 11 is 4.32. The standard InChI is InChI=1S/C28H31N5O6S3/c1-38-19-7-3-5-17(11-19)21(14-34)23(36)13-25-31-30-24(41-25)9-10-40-16-26-32-33-28(42-26)29-27(37)22(15-35)18-6-4-8-20(12-18)39-2/h3-8,11-12,21-22,34-35H,9-10,13-16H2,1-2H3,(H,29,33,37). The summed E-state index contributed by atoms with van der Waals surface area (Å²) < 4.78 is 10.4. The average Bonchev–Trinajstić information content (AvgIpc) is 3.65. The molecule has 0 aliphatic heterocycles. The zero-order valence-electron chi connectivity index (χ0n) is 23.1. The number of carbonyl (C=O) groups is 2. The molecule has 11 nitrogen and oxygen atoms in total. The quantitative estimate of drug-likeness (QED) is 0.156. The number of Topliss-reactive ketones (excluding diaryl/α,β-unsaturated/α-hetero) is 1. The van der Waals surface area contributed by atoms with Crippen molar-refractivity contribution in [3.63, 3.8) is 0 Å². The number of ether oxygens (including phenoxy) is 2. The Morgan fingerprint density at radius 3 is 2.12 bits per heavy atom. The summed E-state index contributed by atoms with van der Waals surface area (Å²) in [6.45, 7) is -0.651. The monoisotopic (exact) mass is 629 g/mol. The van der Waals surface area contributed by atoms with Crippen LogP contribution in [0, 0.1) is 0 Å².